The minimum atomic E-state index is -0.456. The first-order chi connectivity index (χ1) is 14.2. The van der Waals surface area contributed by atoms with Crippen LogP contribution in [0.2, 0.25) is 0 Å². The van der Waals surface area contributed by atoms with E-state index in [0.717, 1.165) is 58.0 Å². The van der Waals surface area contributed by atoms with Crippen LogP contribution in [0, 0.1) is 5.92 Å². The summed E-state index contributed by atoms with van der Waals surface area (Å²) in [5.74, 6) is 0.325. The molecule has 29 heavy (non-hydrogen) atoms. The molecule has 1 aromatic carbocycles. The van der Waals surface area contributed by atoms with Crippen molar-refractivity contribution in [2.75, 3.05) is 32.8 Å². The number of piperidine rings is 1. The molecule has 6 heteroatoms. The largest absolute Gasteiger partial charge is 0.381 e. The number of amides is 2. The van der Waals surface area contributed by atoms with Crippen LogP contribution >= 0.6 is 0 Å². The van der Waals surface area contributed by atoms with Gasteiger partial charge in [0, 0.05) is 38.3 Å². The Balaban J connectivity index is 1.35. The van der Waals surface area contributed by atoms with Gasteiger partial charge >= 0.3 is 0 Å². The fourth-order valence-corrected chi connectivity index (χ4v) is 5.18. The van der Waals surface area contributed by atoms with Crippen LogP contribution in [0.25, 0.3) is 0 Å². The van der Waals surface area contributed by atoms with E-state index in [1.807, 2.05) is 18.2 Å². The van der Waals surface area contributed by atoms with Gasteiger partial charge in [-0.1, -0.05) is 30.3 Å². The highest BCUT2D eigenvalue weighted by molar-refractivity contribution is 5.87. The van der Waals surface area contributed by atoms with Gasteiger partial charge in [0.1, 0.15) is 5.54 Å². The zero-order valence-electron chi connectivity index (χ0n) is 17.2. The minimum absolute atomic E-state index is 0.0528. The van der Waals surface area contributed by atoms with E-state index >= 15 is 0 Å². The molecule has 2 atom stereocenters. The molecular weight excluding hydrogens is 366 g/mol. The number of nitrogens with zero attached hydrogens (tertiary/aromatic N) is 1. The van der Waals surface area contributed by atoms with Gasteiger partial charge < -0.3 is 15.4 Å². The van der Waals surface area contributed by atoms with Crippen LogP contribution in [0.15, 0.2) is 30.3 Å². The molecule has 1 aromatic rings. The number of hydrogen-bond donors (Lipinski definition) is 2. The van der Waals surface area contributed by atoms with Gasteiger partial charge in [-0.3, -0.25) is 14.5 Å². The predicted molar refractivity (Wildman–Crippen MR) is 111 cm³/mol. The third-order valence-electron chi connectivity index (χ3n) is 6.80. The summed E-state index contributed by atoms with van der Waals surface area (Å²) in [7, 11) is 0. The Kier molecular flexibility index (Phi) is 6.50. The number of benzene rings is 1. The maximum absolute atomic E-state index is 13.2. The van der Waals surface area contributed by atoms with Crippen molar-refractivity contribution in [2.24, 2.45) is 5.92 Å². The normalized spacial score (nSPS) is 27.9. The van der Waals surface area contributed by atoms with Gasteiger partial charge in [-0.05, 0) is 57.1 Å². The number of carbonyl (C=O) groups is 2. The first kappa shape index (κ1) is 20.4. The van der Waals surface area contributed by atoms with Gasteiger partial charge in [0.15, 0.2) is 0 Å². The Hall–Kier alpha value is -1.92. The topological polar surface area (TPSA) is 70.7 Å². The van der Waals surface area contributed by atoms with Crippen molar-refractivity contribution in [3.8, 4) is 0 Å². The van der Waals surface area contributed by atoms with E-state index in [9.17, 15) is 9.59 Å². The Morgan fingerprint density at radius 3 is 2.72 bits per heavy atom. The molecule has 2 amide bonds. The number of rotatable bonds is 6. The molecule has 3 aliphatic heterocycles. The van der Waals surface area contributed by atoms with E-state index in [0.29, 0.717) is 19.8 Å². The molecule has 3 heterocycles. The van der Waals surface area contributed by atoms with E-state index < -0.39 is 5.54 Å². The summed E-state index contributed by atoms with van der Waals surface area (Å²) in [5.41, 5.74) is 0.779. The molecule has 0 spiro atoms. The molecule has 3 aliphatic rings. The van der Waals surface area contributed by atoms with Crippen LogP contribution in [0.5, 0.6) is 0 Å². The summed E-state index contributed by atoms with van der Waals surface area (Å²) in [6, 6.07) is 10.3. The molecular formula is C23H33N3O3. The van der Waals surface area contributed by atoms with Crippen molar-refractivity contribution in [1.82, 2.24) is 15.5 Å². The van der Waals surface area contributed by atoms with Gasteiger partial charge in [-0.2, -0.15) is 0 Å². The molecule has 2 N–H and O–H groups in total. The van der Waals surface area contributed by atoms with E-state index in [1.54, 1.807) is 0 Å². The lowest BCUT2D eigenvalue weighted by Gasteiger charge is -2.40. The Morgan fingerprint density at radius 1 is 1.14 bits per heavy atom. The second-order valence-electron chi connectivity index (χ2n) is 8.72. The van der Waals surface area contributed by atoms with Gasteiger partial charge in [0.25, 0.3) is 0 Å². The molecule has 0 radical (unpaired) electrons. The average Bonchev–Trinajstić information content (AvgIpc) is 3.14. The number of carbonyl (C=O) groups excluding carboxylic acids is 2. The Bertz CT molecular complexity index is 705. The highest BCUT2D eigenvalue weighted by Crippen LogP contribution is 2.38. The molecule has 158 valence electrons. The molecule has 0 unspecified atom stereocenters. The molecule has 3 fully saturated rings. The second kappa shape index (κ2) is 9.26. The lowest BCUT2D eigenvalue weighted by molar-refractivity contribution is -0.134. The summed E-state index contributed by atoms with van der Waals surface area (Å²) in [5, 5.41) is 6.44. The lowest BCUT2D eigenvalue weighted by atomic mass is 9.84. The quantitative estimate of drug-likeness (QED) is 0.766. The smallest absolute Gasteiger partial charge is 0.240 e. The molecule has 3 saturated heterocycles. The predicted octanol–water partition coefficient (Wildman–Crippen LogP) is 1.89. The number of nitrogens with one attached hydrogen (secondary N) is 2. The van der Waals surface area contributed by atoms with E-state index in [2.05, 4.69) is 27.7 Å². The molecule has 0 saturated carbocycles. The van der Waals surface area contributed by atoms with Crippen molar-refractivity contribution in [3.63, 3.8) is 0 Å². The standard InChI is InChI=1S/C23H33N3O3/c27-21(19-9-14-29-15-10-19)25-20-16-23(11-4-5-13-26(23)17-20)22(28)24-12-8-18-6-2-1-3-7-18/h1-3,6-7,19-20H,4-5,8-17H2,(H,24,28)(H,25,27)/t20-,23-/m0/s1. The van der Waals surface area contributed by atoms with Crippen LogP contribution in [-0.2, 0) is 20.7 Å². The Labute approximate surface area is 173 Å². The minimum Gasteiger partial charge on any atom is -0.381 e. The summed E-state index contributed by atoms with van der Waals surface area (Å²) >= 11 is 0. The van der Waals surface area contributed by atoms with Crippen LogP contribution in [0.3, 0.4) is 0 Å². The highest BCUT2D eigenvalue weighted by atomic mass is 16.5. The summed E-state index contributed by atoms with van der Waals surface area (Å²) < 4.78 is 5.37. The molecule has 4 rings (SSSR count). The number of ether oxygens (including phenoxy) is 1. The van der Waals surface area contributed by atoms with Crippen LogP contribution in [0.1, 0.15) is 44.1 Å². The third kappa shape index (κ3) is 4.64. The van der Waals surface area contributed by atoms with E-state index in [-0.39, 0.29) is 23.8 Å². The highest BCUT2D eigenvalue weighted by Gasteiger charge is 2.52. The summed E-state index contributed by atoms with van der Waals surface area (Å²) in [4.78, 5) is 28.2. The number of hydrogen-bond acceptors (Lipinski definition) is 4. The van der Waals surface area contributed by atoms with Gasteiger partial charge in [-0.15, -0.1) is 0 Å². The second-order valence-corrected chi connectivity index (χ2v) is 8.72. The van der Waals surface area contributed by atoms with Crippen LogP contribution < -0.4 is 10.6 Å². The molecule has 0 aliphatic carbocycles. The fraction of sp³-hybridized carbons (Fsp3) is 0.652. The maximum Gasteiger partial charge on any atom is 0.240 e. The molecule has 6 nitrogen and oxygen atoms in total. The zero-order chi connectivity index (χ0) is 20.1. The molecule has 0 aromatic heterocycles. The first-order valence-electron chi connectivity index (χ1n) is 11.1. The lowest BCUT2D eigenvalue weighted by Crippen LogP contribution is -2.57. The zero-order valence-corrected chi connectivity index (χ0v) is 17.2. The van der Waals surface area contributed by atoms with Crippen molar-refractivity contribution in [3.05, 3.63) is 35.9 Å². The SMILES string of the molecule is O=C(N[C@@H]1CN2CCCC[C@@]2(C(=O)NCCc2ccccc2)C1)C1CCOCC1. The molecule has 0 bridgehead atoms. The third-order valence-corrected chi connectivity index (χ3v) is 6.80. The van der Waals surface area contributed by atoms with Crippen molar-refractivity contribution < 1.29 is 14.3 Å². The fourth-order valence-electron chi connectivity index (χ4n) is 5.18. The number of fused-ring (bicyclic) bond motifs is 1. The van der Waals surface area contributed by atoms with Crippen LogP contribution in [0.4, 0.5) is 0 Å². The van der Waals surface area contributed by atoms with Gasteiger partial charge in [0.2, 0.25) is 11.8 Å². The van der Waals surface area contributed by atoms with Crippen LogP contribution in [-0.4, -0.2) is 61.1 Å². The van der Waals surface area contributed by atoms with Crippen molar-refractivity contribution >= 4 is 11.8 Å². The van der Waals surface area contributed by atoms with Gasteiger partial charge in [0.05, 0.1) is 0 Å². The van der Waals surface area contributed by atoms with Crippen molar-refractivity contribution in [1.29, 1.82) is 0 Å². The van der Waals surface area contributed by atoms with E-state index in [1.165, 1.54) is 5.56 Å². The van der Waals surface area contributed by atoms with Gasteiger partial charge in [-0.25, -0.2) is 0 Å². The summed E-state index contributed by atoms with van der Waals surface area (Å²) in [6.45, 7) is 3.71. The average molecular weight is 400 g/mol. The first-order valence-corrected chi connectivity index (χ1v) is 11.1. The van der Waals surface area contributed by atoms with E-state index in [4.69, 9.17) is 4.74 Å². The monoisotopic (exact) mass is 399 g/mol. The van der Waals surface area contributed by atoms with Crippen molar-refractivity contribution in [2.45, 2.75) is 56.5 Å². The summed E-state index contributed by atoms with van der Waals surface area (Å²) in [6.07, 6.45) is 6.24. The Morgan fingerprint density at radius 2 is 1.93 bits per heavy atom. The maximum atomic E-state index is 13.2.